The number of halogens is 3. The first kappa shape index (κ1) is 24.4. The van der Waals surface area contributed by atoms with Crippen LogP contribution in [-0.2, 0) is 20.7 Å². The lowest BCUT2D eigenvalue weighted by molar-refractivity contribution is -0.138. The Balaban J connectivity index is 1.43. The minimum absolute atomic E-state index is 0.0647. The topological polar surface area (TPSA) is 88.9 Å². The summed E-state index contributed by atoms with van der Waals surface area (Å²) in [5, 5.41) is 11.8. The van der Waals surface area contributed by atoms with Gasteiger partial charge in [0, 0.05) is 36.3 Å². The molecule has 9 heteroatoms. The van der Waals surface area contributed by atoms with Gasteiger partial charge in [-0.15, -0.1) is 0 Å². The average molecular weight is 576 g/mol. The smallest absolute Gasteiger partial charge is 0.328 e. The van der Waals surface area contributed by atoms with Gasteiger partial charge in [0.25, 0.3) is 0 Å². The Morgan fingerprint density at radius 1 is 1.17 bits per heavy atom. The lowest BCUT2D eigenvalue weighted by Crippen LogP contribution is -2.62. The predicted molar refractivity (Wildman–Crippen MR) is 140 cm³/mol. The highest BCUT2D eigenvalue weighted by Gasteiger charge is 2.59. The normalized spacial score (nSPS) is 21.3. The van der Waals surface area contributed by atoms with Crippen LogP contribution in [0.15, 0.2) is 53.5 Å². The third kappa shape index (κ3) is 4.40. The van der Waals surface area contributed by atoms with Crippen LogP contribution in [0.2, 0.25) is 10.0 Å². The molecule has 2 atom stereocenters. The van der Waals surface area contributed by atoms with Crippen molar-refractivity contribution >= 4 is 67.5 Å². The third-order valence-corrected chi connectivity index (χ3v) is 8.24. The summed E-state index contributed by atoms with van der Waals surface area (Å²) < 4.78 is 5.41. The number of carbonyl (C=O) groups excluding carboxylic acids is 1. The van der Waals surface area contributed by atoms with Crippen LogP contribution in [0.3, 0.4) is 0 Å². The minimum Gasteiger partial charge on any atom is -0.480 e. The van der Waals surface area contributed by atoms with Gasteiger partial charge in [-0.05, 0) is 48.7 Å². The molecule has 35 heavy (non-hydrogen) atoms. The molecule has 1 aliphatic carbocycles. The van der Waals surface area contributed by atoms with Crippen molar-refractivity contribution in [1.82, 2.24) is 4.98 Å². The summed E-state index contributed by atoms with van der Waals surface area (Å²) in [6.45, 7) is 0.947. The lowest BCUT2D eigenvalue weighted by Gasteiger charge is -2.47. The maximum absolute atomic E-state index is 12.6. The average Bonchev–Trinajstić information content (AvgIpc) is 2.86. The largest absolute Gasteiger partial charge is 0.480 e. The molecule has 2 aliphatic rings. The molecule has 3 aromatic rings. The minimum atomic E-state index is -1.03. The number of carboxylic acids is 1. The number of pyridine rings is 1. The molecule has 1 unspecified atom stereocenters. The predicted octanol–water partition coefficient (Wildman–Crippen LogP) is 5.79. The van der Waals surface area contributed by atoms with E-state index in [0.29, 0.717) is 53.1 Å². The highest BCUT2D eigenvalue weighted by molar-refractivity contribution is 9.10. The number of benzene rings is 2. The Hall–Kier alpha value is -2.32. The van der Waals surface area contributed by atoms with Crippen molar-refractivity contribution in [2.24, 2.45) is 10.4 Å². The van der Waals surface area contributed by atoms with Gasteiger partial charge in [0.05, 0.1) is 26.7 Å². The molecule has 180 valence electrons. The molecule has 2 fully saturated rings. The molecule has 2 aromatic carbocycles. The summed E-state index contributed by atoms with van der Waals surface area (Å²) in [6, 6.07) is 13.7. The standard InChI is InChI=1S/C26H21BrCl2N2O4/c27-22-23(26(24(22)32)8-10-35-11-9-26)31-20(25(33)34)13-14-4-6-18-15(12-14)5-7-19(30-18)21-16(28)2-1-3-17(21)29/h1-7,12,20,22H,8-11,13H2,(H,33,34)/t20-,22?/m0/s1. The summed E-state index contributed by atoms with van der Waals surface area (Å²) in [7, 11) is 0. The second-order valence-electron chi connectivity index (χ2n) is 8.81. The number of carbonyl (C=O) groups is 2. The third-order valence-electron chi connectivity index (χ3n) is 6.76. The number of nitrogens with zero attached hydrogens (tertiary/aromatic N) is 2. The van der Waals surface area contributed by atoms with E-state index in [9.17, 15) is 14.7 Å². The van der Waals surface area contributed by atoms with E-state index in [1.54, 1.807) is 18.2 Å². The number of alkyl halides is 1. The van der Waals surface area contributed by atoms with Crippen molar-refractivity contribution in [3.05, 3.63) is 64.1 Å². The Labute approximate surface area is 220 Å². The molecular formula is C26H21BrCl2N2O4. The quantitative estimate of drug-likeness (QED) is 0.389. The number of Topliss-reactive ketones (excluding diaryl/α,β-unsaturated/α-hetero) is 1. The number of hydrogen-bond acceptors (Lipinski definition) is 5. The van der Waals surface area contributed by atoms with Gasteiger partial charge in [0.2, 0.25) is 0 Å². The van der Waals surface area contributed by atoms with E-state index < -0.39 is 22.3 Å². The molecule has 1 saturated carbocycles. The van der Waals surface area contributed by atoms with Gasteiger partial charge in [-0.1, -0.05) is 57.3 Å². The highest BCUT2D eigenvalue weighted by atomic mass is 79.9. The first-order chi connectivity index (χ1) is 16.8. The van der Waals surface area contributed by atoms with E-state index in [1.807, 2.05) is 30.3 Å². The SMILES string of the molecule is O=C(O)[C@H](Cc1ccc2nc(-c3c(Cl)cccc3Cl)ccc2c1)N=C1C(Br)C(=O)C12CCOCC2. The summed E-state index contributed by atoms with van der Waals surface area (Å²) in [5.41, 5.74) is 2.83. The van der Waals surface area contributed by atoms with E-state index >= 15 is 0 Å². The van der Waals surface area contributed by atoms with Gasteiger partial charge < -0.3 is 9.84 Å². The zero-order valence-electron chi connectivity index (χ0n) is 18.5. The summed E-state index contributed by atoms with van der Waals surface area (Å²) >= 11 is 16.1. The zero-order chi connectivity index (χ0) is 24.7. The van der Waals surface area contributed by atoms with Gasteiger partial charge in [0.1, 0.15) is 4.83 Å². The van der Waals surface area contributed by atoms with Crippen LogP contribution in [0, 0.1) is 5.41 Å². The molecule has 0 bridgehead atoms. The van der Waals surface area contributed by atoms with Gasteiger partial charge in [0.15, 0.2) is 11.8 Å². The van der Waals surface area contributed by atoms with Crippen LogP contribution in [0.4, 0.5) is 0 Å². The van der Waals surface area contributed by atoms with Crippen LogP contribution >= 0.6 is 39.1 Å². The van der Waals surface area contributed by atoms with E-state index in [-0.39, 0.29) is 12.2 Å². The van der Waals surface area contributed by atoms with Gasteiger partial charge in [-0.25, -0.2) is 9.78 Å². The number of aromatic nitrogens is 1. The first-order valence-electron chi connectivity index (χ1n) is 11.2. The summed E-state index contributed by atoms with van der Waals surface area (Å²) in [6.07, 6.45) is 1.28. The molecule has 6 nitrogen and oxygen atoms in total. The maximum atomic E-state index is 12.6. The Bertz CT molecular complexity index is 1350. The van der Waals surface area contributed by atoms with Gasteiger partial charge in [-0.2, -0.15) is 0 Å². The summed E-state index contributed by atoms with van der Waals surface area (Å²) in [4.78, 5) is 33.5. The molecule has 1 aromatic heterocycles. The van der Waals surface area contributed by atoms with Crippen molar-refractivity contribution < 1.29 is 19.4 Å². The lowest BCUT2D eigenvalue weighted by atomic mass is 9.61. The number of aliphatic carboxylic acids is 1. The molecular weight excluding hydrogens is 555 g/mol. The number of fused-ring (bicyclic) bond motifs is 1. The van der Waals surface area contributed by atoms with E-state index in [2.05, 4.69) is 20.9 Å². The molecule has 1 spiro atoms. The number of rotatable bonds is 5. The Kier molecular flexibility index (Phi) is 6.70. The fourth-order valence-electron chi connectivity index (χ4n) is 4.83. The molecule has 2 heterocycles. The van der Waals surface area contributed by atoms with Crippen LogP contribution in [0.5, 0.6) is 0 Å². The maximum Gasteiger partial charge on any atom is 0.328 e. The second-order valence-corrected chi connectivity index (χ2v) is 10.5. The van der Waals surface area contributed by atoms with Crippen LogP contribution < -0.4 is 0 Å². The van der Waals surface area contributed by atoms with Crippen LogP contribution in [0.25, 0.3) is 22.2 Å². The van der Waals surface area contributed by atoms with Crippen molar-refractivity contribution in [1.29, 1.82) is 0 Å². The van der Waals surface area contributed by atoms with E-state index in [4.69, 9.17) is 32.9 Å². The zero-order valence-corrected chi connectivity index (χ0v) is 21.6. The molecule has 0 radical (unpaired) electrons. The van der Waals surface area contributed by atoms with Gasteiger partial charge >= 0.3 is 5.97 Å². The molecule has 1 aliphatic heterocycles. The Morgan fingerprint density at radius 3 is 2.57 bits per heavy atom. The molecule has 1 saturated heterocycles. The highest BCUT2D eigenvalue weighted by Crippen LogP contribution is 2.46. The molecule has 0 amide bonds. The summed E-state index contributed by atoms with van der Waals surface area (Å²) in [5.74, 6) is -0.962. The van der Waals surface area contributed by atoms with Crippen LogP contribution in [0.1, 0.15) is 18.4 Å². The van der Waals surface area contributed by atoms with Crippen molar-refractivity contribution in [3.63, 3.8) is 0 Å². The van der Waals surface area contributed by atoms with E-state index in [1.165, 1.54) is 0 Å². The monoisotopic (exact) mass is 574 g/mol. The van der Waals surface area contributed by atoms with Gasteiger partial charge in [-0.3, -0.25) is 9.79 Å². The fourth-order valence-corrected chi connectivity index (χ4v) is 6.42. The number of aliphatic imine (C=N–C) groups is 1. The van der Waals surface area contributed by atoms with E-state index in [0.717, 1.165) is 16.5 Å². The Morgan fingerprint density at radius 2 is 1.89 bits per heavy atom. The molecule has 5 rings (SSSR count). The number of ether oxygens (including phenoxy) is 1. The van der Waals surface area contributed by atoms with Crippen molar-refractivity contribution in [2.75, 3.05) is 13.2 Å². The van der Waals surface area contributed by atoms with Crippen molar-refractivity contribution in [3.8, 4) is 11.3 Å². The second kappa shape index (κ2) is 9.62. The first-order valence-corrected chi connectivity index (χ1v) is 12.9. The number of ketones is 1. The fraction of sp³-hybridized carbons (Fsp3) is 0.308. The van der Waals surface area contributed by atoms with Crippen molar-refractivity contribution in [2.45, 2.75) is 30.1 Å². The number of hydrogen-bond donors (Lipinski definition) is 1. The van der Waals surface area contributed by atoms with Crippen LogP contribution in [-0.4, -0.2) is 51.6 Å². The molecule has 1 N–H and O–H groups in total. The number of carboxylic acid groups (broad SMARTS) is 1.